The second kappa shape index (κ2) is 12.9. The zero-order valence-electron chi connectivity index (χ0n) is 20.7. The first-order chi connectivity index (χ1) is 17.3. The number of carbonyl (C=O) groups is 2. The summed E-state index contributed by atoms with van der Waals surface area (Å²) in [5.74, 6) is 0.310. The van der Waals surface area contributed by atoms with Crippen LogP contribution in [0.15, 0.2) is 76.3 Å². The molecule has 0 aliphatic rings. The van der Waals surface area contributed by atoms with E-state index in [0.29, 0.717) is 29.2 Å². The fourth-order valence-corrected chi connectivity index (χ4v) is 3.59. The summed E-state index contributed by atoms with van der Waals surface area (Å²) in [7, 11) is 1.56. The molecule has 0 saturated carbocycles. The molecule has 7 nitrogen and oxygen atoms in total. The molecule has 0 aliphatic heterocycles. The Bertz CT molecular complexity index is 1210. The lowest BCUT2D eigenvalue weighted by Gasteiger charge is -2.20. The average Bonchev–Trinajstić information content (AvgIpc) is 2.87. The molecule has 0 saturated heterocycles. The Morgan fingerprint density at radius 3 is 2.33 bits per heavy atom. The van der Waals surface area contributed by atoms with Gasteiger partial charge in [-0.3, -0.25) is 9.59 Å². The Kier molecular flexibility index (Phi) is 9.64. The predicted octanol–water partition coefficient (Wildman–Crippen LogP) is 5.25. The largest absolute Gasteiger partial charge is 0.493 e. The lowest BCUT2D eigenvalue weighted by molar-refractivity contribution is -0.123. The lowest BCUT2D eigenvalue weighted by Crippen LogP contribution is -2.48. The molecule has 0 aliphatic carbocycles. The van der Waals surface area contributed by atoms with Gasteiger partial charge in [0.05, 0.1) is 13.3 Å². The molecule has 0 fully saturated rings. The smallest absolute Gasteiger partial charge is 0.262 e. The van der Waals surface area contributed by atoms with Crippen LogP contribution in [-0.4, -0.2) is 31.2 Å². The second-order valence-corrected chi connectivity index (χ2v) is 9.54. The minimum Gasteiger partial charge on any atom is -0.493 e. The monoisotopic (exact) mass is 551 g/mol. The number of methoxy groups -OCH3 is 1. The Morgan fingerprint density at radius 2 is 1.69 bits per heavy atom. The summed E-state index contributed by atoms with van der Waals surface area (Å²) in [5.41, 5.74) is 5.82. The molecule has 0 spiro atoms. The Balaban J connectivity index is 1.60. The van der Waals surface area contributed by atoms with Crippen LogP contribution in [0.25, 0.3) is 0 Å². The molecule has 3 aromatic rings. The molecule has 0 aromatic heterocycles. The molecule has 36 heavy (non-hydrogen) atoms. The molecule has 3 rings (SSSR count). The number of nitrogens with zero attached hydrogens (tertiary/aromatic N) is 1. The highest BCUT2D eigenvalue weighted by Gasteiger charge is 2.24. The van der Waals surface area contributed by atoms with Crippen molar-refractivity contribution in [2.75, 3.05) is 7.11 Å². The number of hydrogen-bond donors (Lipinski definition) is 2. The third-order valence-corrected chi connectivity index (χ3v) is 5.96. The van der Waals surface area contributed by atoms with Gasteiger partial charge in [-0.05, 0) is 66.4 Å². The van der Waals surface area contributed by atoms with Gasteiger partial charge < -0.3 is 14.8 Å². The second-order valence-electron chi connectivity index (χ2n) is 8.62. The number of hydrogen-bond acceptors (Lipinski definition) is 5. The first-order valence-electron chi connectivity index (χ1n) is 11.5. The van der Waals surface area contributed by atoms with Crippen molar-refractivity contribution in [2.45, 2.75) is 33.4 Å². The lowest BCUT2D eigenvalue weighted by atomic mass is 10.0. The van der Waals surface area contributed by atoms with E-state index in [-0.39, 0.29) is 11.8 Å². The molecular weight excluding hydrogens is 522 g/mol. The van der Waals surface area contributed by atoms with Crippen molar-refractivity contribution >= 4 is 34.0 Å². The van der Waals surface area contributed by atoms with Crippen LogP contribution in [0.3, 0.4) is 0 Å². The van der Waals surface area contributed by atoms with E-state index in [1.165, 1.54) is 6.21 Å². The fourth-order valence-electron chi connectivity index (χ4n) is 3.33. The zero-order chi connectivity index (χ0) is 26.1. The molecule has 3 aromatic carbocycles. The van der Waals surface area contributed by atoms with Crippen LogP contribution < -0.4 is 20.2 Å². The van der Waals surface area contributed by atoms with E-state index < -0.39 is 11.9 Å². The first-order valence-corrected chi connectivity index (χ1v) is 12.3. The van der Waals surface area contributed by atoms with Gasteiger partial charge in [0, 0.05) is 10.0 Å². The van der Waals surface area contributed by atoms with Crippen molar-refractivity contribution < 1.29 is 19.1 Å². The van der Waals surface area contributed by atoms with Gasteiger partial charge in [-0.2, -0.15) is 5.10 Å². The van der Waals surface area contributed by atoms with Crippen LogP contribution in [-0.2, 0) is 11.4 Å². The number of benzene rings is 3. The van der Waals surface area contributed by atoms with E-state index in [9.17, 15) is 9.59 Å². The molecule has 0 bridgehead atoms. The molecule has 2 N–H and O–H groups in total. The van der Waals surface area contributed by atoms with Crippen molar-refractivity contribution in [1.29, 1.82) is 0 Å². The molecular formula is C28H30BrN3O4. The topological polar surface area (TPSA) is 89.0 Å². The SMILES string of the molecule is COc1cc(C=NNC(=O)C(NC(=O)c2ccc(C)cc2)C(C)C)ccc1OCc1ccc(Br)cc1. The molecule has 0 radical (unpaired) electrons. The number of aryl methyl sites for hydroxylation is 1. The Morgan fingerprint density at radius 1 is 1.00 bits per heavy atom. The molecule has 1 unspecified atom stereocenters. The van der Waals surface area contributed by atoms with Gasteiger partial charge in [0.15, 0.2) is 11.5 Å². The molecule has 8 heteroatoms. The van der Waals surface area contributed by atoms with Crippen LogP contribution >= 0.6 is 15.9 Å². The number of halogens is 1. The van der Waals surface area contributed by atoms with Crippen molar-refractivity contribution in [2.24, 2.45) is 11.0 Å². The van der Waals surface area contributed by atoms with Crippen LogP contribution in [0, 0.1) is 12.8 Å². The van der Waals surface area contributed by atoms with Gasteiger partial charge in [0.2, 0.25) is 0 Å². The minimum atomic E-state index is -0.736. The average molecular weight is 552 g/mol. The summed E-state index contributed by atoms with van der Waals surface area (Å²) < 4.78 is 12.4. The first kappa shape index (κ1) is 26.9. The van der Waals surface area contributed by atoms with Gasteiger partial charge >= 0.3 is 0 Å². The highest BCUT2D eigenvalue weighted by atomic mass is 79.9. The maximum atomic E-state index is 12.7. The molecule has 0 heterocycles. The summed E-state index contributed by atoms with van der Waals surface area (Å²) in [6, 6.07) is 19.7. The molecule has 2 amide bonds. The van der Waals surface area contributed by atoms with E-state index in [0.717, 1.165) is 15.6 Å². The fraction of sp³-hybridized carbons (Fsp3) is 0.250. The maximum absolute atomic E-state index is 12.7. The normalized spacial score (nSPS) is 11.8. The van der Waals surface area contributed by atoms with Gasteiger partial charge in [0.25, 0.3) is 11.8 Å². The zero-order valence-corrected chi connectivity index (χ0v) is 22.3. The highest BCUT2D eigenvalue weighted by molar-refractivity contribution is 9.10. The van der Waals surface area contributed by atoms with E-state index in [4.69, 9.17) is 9.47 Å². The van der Waals surface area contributed by atoms with Crippen LogP contribution in [0.5, 0.6) is 11.5 Å². The van der Waals surface area contributed by atoms with Crippen molar-refractivity contribution in [3.8, 4) is 11.5 Å². The number of ether oxygens (including phenoxy) is 2. The quantitative estimate of drug-likeness (QED) is 0.266. The third kappa shape index (κ3) is 7.68. The number of rotatable bonds is 10. The number of hydrazone groups is 1. The highest BCUT2D eigenvalue weighted by Crippen LogP contribution is 2.28. The van der Waals surface area contributed by atoms with Gasteiger partial charge in [0.1, 0.15) is 12.6 Å². The van der Waals surface area contributed by atoms with E-state index in [1.54, 1.807) is 31.4 Å². The number of carbonyl (C=O) groups excluding carboxylic acids is 2. The Labute approximate surface area is 220 Å². The maximum Gasteiger partial charge on any atom is 0.262 e. The number of nitrogens with one attached hydrogen (secondary N) is 2. The van der Waals surface area contributed by atoms with Crippen LogP contribution in [0.4, 0.5) is 0 Å². The summed E-state index contributed by atoms with van der Waals surface area (Å²) in [5, 5.41) is 6.86. The summed E-state index contributed by atoms with van der Waals surface area (Å²) >= 11 is 3.42. The summed E-state index contributed by atoms with van der Waals surface area (Å²) in [4.78, 5) is 25.3. The standard InChI is InChI=1S/C28H30BrN3O4/c1-18(2)26(31-27(33)22-10-5-19(3)6-11-22)28(34)32-30-16-21-9-14-24(25(15-21)35-4)36-17-20-7-12-23(29)13-8-20/h5-16,18,26H,17H2,1-4H3,(H,31,33)(H,32,34). The summed E-state index contributed by atoms with van der Waals surface area (Å²) in [6.07, 6.45) is 1.51. The summed E-state index contributed by atoms with van der Waals surface area (Å²) in [6.45, 7) is 6.07. The van der Waals surface area contributed by atoms with E-state index in [2.05, 4.69) is 31.8 Å². The predicted molar refractivity (Wildman–Crippen MR) is 144 cm³/mol. The van der Waals surface area contributed by atoms with Crippen molar-refractivity contribution in [3.63, 3.8) is 0 Å². The minimum absolute atomic E-state index is 0.128. The van der Waals surface area contributed by atoms with Crippen LogP contribution in [0.2, 0.25) is 0 Å². The molecule has 1 atom stereocenters. The van der Waals surface area contributed by atoms with Crippen molar-refractivity contribution in [1.82, 2.24) is 10.7 Å². The third-order valence-electron chi connectivity index (χ3n) is 5.43. The van der Waals surface area contributed by atoms with Gasteiger partial charge in [-0.25, -0.2) is 5.43 Å². The van der Waals surface area contributed by atoms with Gasteiger partial charge in [-0.15, -0.1) is 0 Å². The van der Waals surface area contributed by atoms with E-state index in [1.807, 2.05) is 63.2 Å². The molecule has 188 valence electrons. The van der Waals surface area contributed by atoms with E-state index >= 15 is 0 Å². The van der Waals surface area contributed by atoms with Gasteiger partial charge in [-0.1, -0.05) is 59.6 Å². The van der Waals surface area contributed by atoms with Crippen LogP contribution in [0.1, 0.15) is 40.9 Å². The number of amides is 2. The Hall–Kier alpha value is -3.65. The van der Waals surface area contributed by atoms with Crippen molar-refractivity contribution in [3.05, 3.63) is 93.5 Å².